The highest BCUT2D eigenvalue weighted by Gasteiger charge is 2.25. The van der Waals surface area contributed by atoms with Gasteiger partial charge in [0, 0.05) is 11.1 Å². The first-order chi connectivity index (χ1) is 15.2. The molecule has 2 aromatic carbocycles. The molecule has 0 fully saturated rings. The number of aromatic nitrogens is 5. The molecule has 0 unspecified atom stereocenters. The normalized spacial score (nSPS) is 14.4. The zero-order valence-corrected chi connectivity index (χ0v) is 16.4. The maximum Gasteiger partial charge on any atom is 0.294 e. The largest absolute Gasteiger partial charge is 0.378 e. The molecule has 5 rings (SSSR count). The van der Waals surface area contributed by atoms with E-state index in [1.165, 1.54) is 10.2 Å². The number of hydrogen-bond donors (Lipinski definition) is 2. The Hall–Kier alpha value is -4.34. The molecular formula is C21H18N8O2. The number of nitrogens with zero attached hydrogens (tertiary/aromatic N) is 6. The van der Waals surface area contributed by atoms with Crippen LogP contribution in [-0.2, 0) is 6.42 Å². The molecule has 0 aliphatic heterocycles. The highest BCUT2D eigenvalue weighted by molar-refractivity contribution is 6.04. The van der Waals surface area contributed by atoms with Crippen LogP contribution in [0.1, 0.15) is 34.5 Å². The molecule has 2 aromatic heterocycles. The van der Waals surface area contributed by atoms with Gasteiger partial charge in [0.1, 0.15) is 5.69 Å². The predicted octanol–water partition coefficient (Wildman–Crippen LogP) is 2.37. The van der Waals surface area contributed by atoms with Crippen LogP contribution in [0.3, 0.4) is 0 Å². The molecule has 0 atom stereocenters. The summed E-state index contributed by atoms with van der Waals surface area (Å²) in [5, 5.41) is 19.9. The van der Waals surface area contributed by atoms with E-state index in [4.69, 9.17) is 5.73 Å². The van der Waals surface area contributed by atoms with Crippen molar-refractivity contribution >= 4 is 17.4 Å². The van der Waals surface area contributed by atoms with Crippen LogP contribution < -0.4 is 11.2 Å². The molecule has 2 heterocycles. The fourth-order valence-corrected chi connectivity index (χ4v) is 3.66. The minimum absolute atomic E-state index is 0.0353. The molecule has 1 aliphatic rings. The summed E-state index contributed by atoms with van der Waals surface area (Å²) in [5.41, 5.74) is 12.8. The van der Waals surface area contributed by atoms with Gasteiger partial charge in [0.2, 0.25) is 11.6 Å². The lowest BCUT2D eigenvalue weighted by atomic mass is 9.90. The number of benzene rings is 2. The van der Waals surface area contributed by atoms with Gasteiger partial charge in [-0.25, -0.2) is 10.1 Å². The van der Waals surface area contributed by atoms with E-state index in [1.54, 1.807) is 0 Å². The van der Waals surface area contributed by atoms with Crippen molar-refractivity contribution in [1.29, 1.82) is 0 Å². The third-order valence-electron chi connectivity index (χ3n) is 5.11. The fraction of sp³-hybridized carbons (Fsp3) is 0.143. The summed E-state index contributed by atoms with van der Waals surface area (Å²) >= 11 is 0. The number of aryl methyl sites for hydroxylation is 1. The van der Waals surface area contributed by atoms with Crippen LogP contribution in [0.5, 0.6) is 0 Å². The molecule has 10 heteroatoms. The number of hydrogen-bond acceptors (Lipinski definition) is 8. The minimum atomic E-state index is -0.490. The lowest BCUT2D eigenvalue weighted by molar-refractivity contribution is 0.0950. The highest BCUT2D eigenvalue weighted by Crippen LogP contribution is 2.26. The maximum atomic E-state index is 13.0. The summed E-state index contributed by atoms with van der Waals surface area (Å²) < 4.78 is 6.02. The monoisotopic (exact) mass is 414 g/mol. The zero-order valence-electron chi connectivity index (χ0n) is 16.4. The average Bonchev–Trinajstić information content (AvgIpc) is 3.44. The summed E-state index contributed by atoms with van der Waals surface area (Å²) in [6, 6.07) is 17.3. The first kappa shape index (κ1) is 18.7. The second-order valence-electron chi connectivity index (χ2n) is 7.05. The van der Waals surface area contributed by atoms with Crippen LogP contribution in [0.4, 0.5) is 5.82 Å². The maximum absolute atomic E-state index is 13.0. The lowest BCUT2D eigenvalue weighted by Gasteiger charge is -2.17. The van der Waals surface area contributed by atoms with Gasteiger partial charge < -0.3 is 5.73 Å². The summed E-state index contributed by atoms with van der Waals surface area (Å²) in [5.74, 6) is -0.304. The van der Waals surface area contributed by atoms with Gasteiger partial charge in [0.15, 0.2) is 5.69 Å². The van der Waals surface area contributed by atoms with Gasteiger partial charge in [0.05, 0.1) is 5.71 Å². The summed E-state index contributed by atoms with van der Waals surface area (Å²) in [7, 11) is 0. The Kier molecular flexibility index (Phi) is 4.71. The number of nitrogens with one attached hydrogen (secondary N) is 1. The van der Waals surface area contributed by atoms with Crippen molar-refractivity contribution < 1.29 is 9.42 Å². The molecule has 0 saturated carbocycles. The van der Waals surface area contributed by atoms with E-state index >= 15 is 0 Å². The third kappa shape index (κ3) is 3.44. The Bertz CT molecular complexity index is 1280. The molecule has 0 saturated heterocycles. The van der Waals surface area contributed by atoms with E-state index < -0.39 is 5.91 Å². The van der Waals surface area contributed by atoms with Gasteiger partial charge in [-0.05, 0) is 35.1 Å². The van der Waals surface area contributed by atoms with Gasteiger partial charge in [-0.2, -0.15) is 9.78 Å². The van der Waals surface area contributed by atoms with E-state index in [1.807, 2.05) is 48.5 Å². The minimum Gasteiger partial charge on any atom is -0.378 e. The molecule has 4 aromatic rings. The lowest BCUT2D eigenvalue weighted by Crippen LogP contribution is -2.23. The van der Waals surface area contributed by atoms with E-state index in [-0.39, 0.29) is 17.3 Å². The van der Waals surface area contributed by atoms with Crippen molar-refractivity contribution in [3.63, 3.8) is 0 Å². The SMILES string of the molecule is Nc1nonc1-n1nnc(C(=O)N/N=C2/CCCc3ccccc32)c1-c1ccccc1. The number of nitrogen functional groups attached to an aromatic ring is 1. The number of anilines is 1. The predicted molar refractivity (Wildman–Crippen MR) is 112 cm³/mol. The molecule has 0 radical (unpaired) electrons. The second kappa shape index (κ2) is 7.82. The van der Waals surface area contributed by atoms with Crippen molar-refractivity contribution in [1.82, 2.24) is 30.7 Å². The van der Waals surface area contributed by atoms with Crippen molar-refractivity contribution in [3.8, 4) is 17.1 Å². The average molecular weight is 414 g/mol. The number of carbonyl (C=O) groups excluding carboxylic acids is 1. The molecular weight excluding hydrogens is 396 g/mol. The van der Waals surface area contributed by atoms with Crippen LogP contribution in [0.2, 0.25) is 0 Å². The van der Waals surface area contributed by atoms with Crippen molar-refractivity contribution in [2.24, 2.45) is 5.10 Å². The quantitative estimate of drug-likeness (QED) is 0.489. The summed E-state index contributed by atoms with van der Waals surface area (Å²) in [6.45, 7) is 0. The molecule has 0 bridgehead atoms. The van der Waals surface area contributed by atoms with Gasteiger partial charge >= 0.3 is 0 Å². The number of fused-ring (bicyclic) bond motifs is 1. The number of hydrazone groups is 1. The first-order valence-corrected chi connectivity index (χ1v) is 9.77. The first-order valence-electron chi connectivity index (χ1n) is 9.77. The highest BCUT2D eigenvalue weighted by atomic mass is 16.6. The molecule has 10 nitrogen and oxygen atoms in total. The number of rotatable bonds is 4. The van der Waals surface area contributed by atoms with Crippen molar-refractivity contribution in [2.75, 3.05) is 5.73 Å². The fourth-order valence-electron chi connectivity index (χ4n) is 3.66. The Morgan fingerprint density at radius 3 is 2.68 bits per heavy atom. The summed E-state index contributed by atoms with van der Waals surface area (Å²) in [6.07, 6.45) is 2.77. The molecule has 31 heavy (non-hydrogen) atoms. The summed E-state index contributed by atoms with van der Waals surface area (Å²) in [4.78, 5) is 13.0. The van der Waals surface area contributed by atoms with Crippen LogP contribution >= 0.6 is 0 Å². The van der Waals surface area contributed by atoms with Crippen LogP contribution in [0.15, 0.2) is 64.3 Å². The topological polar surface area (TPSA) is 137 Å². The van der Waals surface area contributed by atoms with Gasteiger partial charge in [-0.1, -0.05) is 59.8 Å². The Morgan fingerprint density at radius 2 is 1.87 bits per heavy atom. The zero-order chi connectivity index (χ0) is 21.2. The molecule has 3 N–H and O–H groups in total. The Labute approximate surface area is 176 Å². The van der Waals surface area contributed by atoms with E-state index in [2.05, 4.69) is 41.8 Å². The second-order valence-corrected chi connectivity index (χ2v) is 7.05. The number of amides is 1. The molecule has 1 aliphatic carbocycles. The number of carbonyl (C=O) groups is 1. The van der Waals surface area contributed by atoms with Crippen molar-refractivity contribution in [2.45, 2.75) is 19.3 Å². The van der Waals surface area contributed by atoms with Gasteiger partial charge in [-0.15, -0.1) is 5.10 Å². The molecule has 0 spiro atoms. The smallest absolute Gasteiger partial charge is 0.294 e. The van der Waals surface area contributed by atoms with Crippen molar-refractivity contribution in [3.05, 3.63) is 71.4 Å². The third-order valence-corrected chi connectivity index (χ3v) is 5.11. The van der Waals surface area contributed by atoms with Gasteiger partial charge in [-0.3, -0.25) is 4.79 Å². The van der Waals surface area contributed by atoms with Crippen LogP contribution in [0, 0.1) is 0 Å². The van der Waals surface area contributed by atoms with E-state index in [0.29, 0.717) is 11.3 Å². The Morgan fingerprint density at radius 1 is 1.06 bits per heavy atom. The van der Waals surface area contributed by atoms with Crippen LogP contribution in [0.25, 0.3) is 17.1 Å². The molecule has 1 amide bonds. The van der Waals surface area contributed by atoms with Gasteiger partial charge in [0.25, 0.3) is 5.91 Å². The Balaban J connectivity index is 1.52. The van der Waals surface area contributed by atoms with E-state index in [0.717, 1.165) is 30.5 Å². The van der Waals surface area contributed by atoms with E-state index in [9.17, 15) is 4.79 Å². The standard InChI is InChI=1S/C21H18N8O2/c22-19-20(27-31-26-19)29-18(14-8-2-1-3-9-14)17(24-28-29)21(30)25-23-16-12-6-10-13-7-4-5-11-15(13)16/h1-5,7-9,11H,6,10,12H2,(H2,22,26)(H,25,30)/b23-16-. The molecule has 154 valence electrons. The van der Waals surface area contributed by atoms with Crippen LogP contribution in [-0.4, -0.2) is 36.9 Å². The number of nitrogens with two attached hydrogens (primary N) is 1.